The topological polar surface area (TPSA) is 129 Å². The Kier molecular flexibility index (Phi) is 10.2. The first-order valence-electron chi connectivity index (χ1n) is 5.03. The van der Waals surface area contributed by atoms with Crippen molar-refractivity contribution in [2.24, 2.45) is 33.4 Å². The molecule has 0 aliphatic rings. The molecule has 0 aliphatic carbocycles. The maximum Gasteiger partial charge on any atom is 0.177 e. The third-order valence-electron chi connectivity index (χ3n) is 1.79. The molecule has 0 saturated heterocycles. The highest BCUT2D eigenvalue weighted by Gasteiger charge is 1.96. The molecule has 0 aromatic heterocycles. The van der Waals surface area contributed by atoms with Crippen molar-refractivity contribution in [2.75, 3.05) is 11.5 Å². The summed E-state index contributed by atoms with van der Waals surface area (Å²) in [5.74, 6) is 11.9. The van der Waals surface area contributed by atoms with Crippen LogP contribution in [0.25, 0.3) is 0 Å². The van der Waals surface area contributed by atoms with Gasteiger partial charge in [-0.1, -0.05) is 36.4 Å². The lowest BCUT2D eigenvalue weighted by atomic mass is 10.2. The van der Waals surface area contributed by atoms with Gasteiger partial charge >= 0.3 is 0 Å². The summed E-state index contributed by atoms with van der Waals surface area (Å²) in [6.45, 7) is 0. The highest BCUT2D eigenvalue weighted by Crippen LogP contribution is 2.10. The molecule has 0 heterocycles. The lowest BCUT2D eigenvalue weighted by Crippen LogP contribution is -2.10. The molecule has 0 atom stereocenters. The summed E-state index contributed by atoms with van der Waals surface area (Å²) in [7, 11) is 0. The molecule has 8 heteroatoms. The smallest absolute Gasteiger partial charge is 0.177 e. The number of hydrogen-bond acceptors (Lipinski definition) is 6. The number of amidine groups is 2. The van der Waals surface area contributed by atoms with Gasteiger partial charge in [0, 0.05) is 11.5 Å². The highest BCUT2D eigenvalue weighted by molar-refractivity contribution is 8.14. The van der Waals surface area contributed by atoms with Gasteiger partial charge in [0.05, 0.1) is 0 Å². The Labute approximate surface area is 105 Å². The maximum atomic E-state index is 5.43. The molecule has 16 heavy (non-hydrogen) atoms. The predicted octanol–water partition coefficient (Wildman–Crippen LogP) is 0.390. The van der Waals surface area contributed by atoms with E-state index in [9.17, 15) is 0 Å². The molecule has 0 saturated carbocycles. The van der Waals surface area contributed by atoms with Crippen LogP contribution in [-0.4, -0.2) is 21.8 Å². The number of nitrogens with zero attached hydrogens (tertiary/aromatic N) is 2. The summed E-state index contributed by atoms with van der Waals surface area (Å²) in [6.07, 6.45) is 4.58. The van der Waals surface area contributed by atoms with Crippen molar-refractivity contribution >= 4 is 33.9 Å². The second-order valence-electron chi connectivity index (χ2n) is 3.05. The van der Waals surface area contributed by atoms with Gasteiger partial charge in [-0.3, -0.25) is 0 Å². The van der Waals surface area contributed by atoms with E-state index in [0.717, 1.165) is 24.3 Å². The average molecular weight is 264 g/mol. The van der Waals surface area contributed by atoms with Gasteiger partial charge in [-0.15, -0.1) is 0 Å². The first-order valence-corrected chi connectivity index (χ1v) is 7.00. The molecular formula is C8H20N6S2. The average Bonchev–Trinajstić information content (AvgIpc) is 2.31. The summed E-state index contributed by atoms with van der Waals surface area (Å²) < 4.78 is 0. The number of hydrazone groups is 2. The Bertz CT molecular complexity index is 207. The molecule has 0 fully saturated rings. The van der Waals surface area contributed by atoms with Crippen LogP contribution in [0, 0.1) is 0 Å². The third kappa shape index (κ3) is 9.78. The van der Waals surface area contributed by atoms with Crippen LogP contribution in [0.3, 0.4) is 0 Å². The van der Waals surface area contributed by atoms with Crippen molar-refractivity contribution in [3.05, 3.63) is 0 Å². The fraction of sp³-hybridized carbons (Fsp3) is 0.750. The summed E-state index contributed by atoms with van der Waals surface area (Å²) in [4.78, 5) is 0. The Balaban J connectivity index is 3.16. The fourth-order valence-corrected chi connectivity index (χ4v) is 2.25. The molecule has 6 nitrogen and oxygen atoms in total. The van der Waals surface area contributed by atoms with Gasteiger partial charge in [-0.2, -0.15) is 10.2 Å². The van der Waals surface area contributed by atoms with E-state index in [-0.39, 0.29) is 0 Å². The van der Waals surface area contributed by atoms with Gasteiger partial charge in [0.1, 0.15) is 0 Å². The summed E-state index contributed by atoms with van der Waals surface area (Å²) in [5, 5.41) is 7.65. The van der Waals surface area contributed by atoms with Crippen molar-refractivity contribution < 1.29 is 0 Å². The molecule has 0 rings (SSSR count). The molecular weight excluding hydrogens is 244 g/mol. The van der Waals surface area contributed by atoms with Crippen molar-refractivity contribution in [1.82, 2.24) is 0 Å². The van der Waals surface area contributed by atoms with Crippen molar-refractivity contribution in [1.29, 1.82) is 0 Å². The number of rotatable bonds is 7. The molecule has 0 radical (unpaired) electrons. The van der Waals surface area contributed by atoms with Gasteiger partial charge < -0.3 is 23.2 Å². The molecule has 0 amide bonds. The minimum atomic E-state index is 0.447. The van der Waals surface area contributed by atoms with Crippen LogP contribution in [0.1, 0.15) is 25.7 Å². The van der Waals surface area contributed by atoms with Gasteiger partial charge in [-0.05, 0) is 12.8 Å². The highest BCUT2D eigenvalue weighted by atomic mass is 32.2. The zero-order chi connectivity index (χ0) is 12.2. The third-order valence-corrected chi connectivity index (χ3v) is 3.58. The summed E-state index contributed by atoms with van der Waals surface area (Å²) >= 11 is 2.98. The van der Waals surface area contributed by atoms with E-state index in [4.69, 9.17) is 23.2 Å². The van der Waals surface area contributed by atoms with Crippen LogP contribution in [0.5, 0.6) is 0 Å². The van der Waals surface area contributed by atoms with E-state index in [0.29, 0.717) is 10.3 Å². The van der Waals surface area contributed by atoms with E-state index < -0.39 is 0 Å². The van der Waals surface area contributed by atoms with Gasteiger partial charge in [0.15, 0.2) is 10.3 Å². The largest absolute Gasteiger partial charge is 0.377 e. The number of thioether (sulfide) groups is 2. The molecule has 0 aromatic carbocycles. The molecule has 8 N–H and O–H groups in total. The second-order valence-corrected chi connectivity index (χ2v) is 5.28. The minimum Gasteiger partial charge on any atom is -0.377 e. The Morgan fingerprint density at radius 1 is 0.750 bits per heavy atom. The van der Waals surface area contributed by atoms with Crippen molar-refractivity contribution in [2.45, 2.75) is 25.7 Å². The van der Waals surface area contributed by atoms with Crippen LogP contribution >= 0.6 is 23.5 Å². The number of nitrogens with two attached hydrogens (primary N) is 4. The summed E-state index contributed by atoms with van der Waals surface area (Å²) in [5.41, 5.74) is 10.9. The molecule has 0 bridgehead atoms. The van der Waals surface area contributed by atoms with Gasteiger partial charge in [0.25, 0.3) is 0 Å². The second kappa shape index (κ2) is 10.7. The molecule has 0 aliphatic heterocycles. The van der Waals surface area contributed by atoms with Crippen LogP contribution < -0.4 is 23.2 Å². The lowest BCUT2D eigenvalue weighted by molar-refractivity contribution is 0.712. The normalized spacial score (nSPS) is 13.0. The zero-order valence-electron chi connectivity index (χ0n) is 9.26. The van der Waals surface area contributed by atoms with E-state index in [1.165, 1.54) is 36.4 Å². The van der Waals surface area contributed by atoms with E-state index in [1.807, 2.05) is 0 Å². The van der Waals surface area contributed by atoms with E-state index in [1.54, 1.807) is 0 Å². The van der Waals surface area contributed by atoms with Gasteiger partial charge in [0.2, 0.25) is 0 Å². The first-order chi connectivity index (χ1) is 7.70. The van der Waals surface area contributed by atoms with Crippen LogP contribution in [0.4, 0.5) is 0 Å². The summed E-state index contributed by atoms with van der Waals surface area (Å²) in [6, 6.07) is 0. The Morgan fingerprint density at radius 3 is 1.44 bits per heavy atom. The molecule has 0 unspecified atom stereocenters. The zero-order valence-corrected chi connectivity index (χ0v) is 10.9. The predicted molar refractivity (Wildman–Crippen MR) is 75.0 cm³/mol. The quantitative estimate of drug-likeness (QED) is 0.173. The Hall–Kier alpha value is -0.760. The van der Waals surface area contributed by atoms with Crippen LogP contribution in [0.15, 0.2) is 10.2 Å². The lowest BCUT2D eigenvalue weighted by Gasteiger charge is -2.01. The van der Waals surface area contributed by atoms with E-state index in [2.05, 4.69) is 10.2 Å². The van der Waals surface area contributed by atoms with E-state index >= 15 is 0 Å². The first kappa shape index (κ1) is 15.2. The number of unbranched alkanes of at least 4 members (excludes halogenated alkanes) is 3. The molecule has 0 spiro atoms. The van der Waals surface area contributed by atoms with Crippen molar-refractivity contribution in [3.63, 3.8) is 0 Å². The minimum absolute atomic E-state index is 0.447. The van der Waals surface area contributed by atoms with Crippen LogP contribution in [-0.2, 0) is 0 Å². The Morgan fingerprint density at radius 2 is 1.12 bits per heavy atom. The monoisotopic (exact) mass is 264 g/mol. The van der Waals surface area contributed by atoms with Crippen LogP contribution in [0.2, 0.25) is 0 Å². The maximum absolute atomic E-state index is 5.43. The molecule has 0 aromatic rings. The SMILES string of the molecule is NN=C(N)SCCCCCCSC(N)=NN. The standard InChI is InChI=1S/C8H20N6S2/c9-7(13-11)15-5-3-1-2-4-6-16-8(10)14-12/h1-6,11-12H2,(H2,9,13)(H2,10,14). The number of hydrogen-bond donors (Lipinski definition) is 4. The molecule has 94 valence electrons. The van der Waals surface area contributed by atoms with Gasteiger partial charge in [-0.25, -0.2) is 0 Å². The fourth-order valence-electron chi connectivity index (χ4n) is 0.986. The van der Waals surface area contributed by atoms with Crippen molar-refractivity contribution in [3.8, 4) is 0 Å².